The monoisotopic (exact) mass is 327 g/mol. The molecule has 24 heavy (non-hydrogen) atoms. The average molecular weight is 327 g/mol. The molecule has 1 N–H and O–H groups in total. The smallest absolute Gasteiger partial charge is 0.220 e. The van der Waals surface area contributed by atoms with Crippen LogP contribution in [0.15, 0.2) is 54.6 Å². The summed E-state index contributed by atoms with van der Waals surface area (Å²) in [6.07, 6.45) is 2.02. The van der Waals surface area contributed by atoms with Crippen LogP contribution < -0.4 is 5.32 Å². The maximum Gasteiger partial charge on any atom is 0.220 e. The van der Waals surface area contributed by atoms with Crippen LogP contribution >= 0.6 is 0 Å². The molecule has 126 valence electrons. The minimum Gasteiger partial charge on any atom is -0.354 e. The lowest BCUT2D eigenvalue weighted by molar-refractivity contribution is -0.121. The fraction of sp³-hybridized carbons (Fsp3) is 0.300. The van der Waals surface area contributed by atoms with Gasteiger partial charge in [-0.25, -0.2) is 4.39 Å². The van der Waals surface area contributed by atoms with Crippen LogP contribution in [0.25, 0.3) is 0 Å². The van der Waals surface area contributed by atoms with Crippen molar-refractivity contribution in [3.8, 4) is 0 Å². The third-order valence-electron chi connectivity index (χ3n) is 3.86. The number of hydrogen-bond acceptors (Lipinski definition) is 2. The van der Waals surface area contributed by atoms with Gasteiger partial charge in [0.05, 0.1) is 0 Å². The molecule has 0 radical (unpaired) electrons. The van der Waals surface area contributed by atoms with Gasteiger partial charge in [-0.3, -0.25) is 9.59 Å². The summed E-state index contributed by atoms with van der Waals surface area (Å²) in [6, 6.07) is 15.5. The van der Waals surface area contributed by atoms with Gasteiger partial charge < -0.3 is 5.32 Å². The lowest BCUT2D eigenvalue weighted by Gasteiger charge is -2.13. The SMILES string of the molecule is CC(CCc1ccccc1)NC(=O)CCC(=O)c1ccc(F)cc1. The second-order valence-electron chi connectivity index (χ2n) is 5.92. The molecule has 1 amide bonds. The maximum atomic E-state index is 12.8. The van der Waals surface area contributed by atoms with Crippen LogP contribution in [0, 0.1) is 5.82 Å². The summed E-state index contributed by atoms with van der Waals surface area (Å²) in [5, 5.41) is 2.91. The number of amides is 1. The summed E-state index contributed by atoms with van der Waals surface area (Å²) in [7, 11) is 0. The van der Waals surface area contributed by atoms with E-state index < -0.39 is 0 Å². The number of hydrogen-bond donors (Lipinski definition) is 1. The molecule has 0 heterocycles. The zero-order valence-electron chi connectivity index (χ0n) is 13.8. The van der Waals surface area contributed by atoms with Gasteiger partial charge in [0.15, 0.2) is 5.78 Å². The van der Waals surface area contributed by atoms with Crippen molar-refractivity contribution in [1.82, 2.24) is 5.32 Å². The van der Waals surface area contributed by atoms with E-state index in [2.05, 4.69) is 17.4 Å². The van der Waals surface area contributed by atoms with Gasteiger partial charge >= 0.3 is 0 Å². The first-order valence-corrected chi connectivity index (χ1v) is 8.16. The van der Waals surface area contributed by atoms with Crippen molar-refractivity contribution in [3.63, 3.8) is 0 Å². The highest BCUT2D eigenvalue weighted by Gasteiger charge is 2.11. The second kappa shape index (κ2) is 8.96. The first-order chi connectivity index (χ1) is 11.5. The topological polar surface area (TPSA) is 46.2 Å². The molecule has 0 saturated carbocycles. The summed E-state index contributed by atoms with van der Waals surface area (Å²) in [5.41, 5.74) is 1.67. The summed E-state index contributed by atoms with van der Waals surface area (Å²) >= 11 is 0. The first kappa shape index (κ1) is 17.9. The van der Waals surface area contributed by atoms with Crippen LogP contribution in [0.2, 0.25) is 0 Å². The number of Topliss-reactive ketones (excluding diaryl/α,β-unsaturated/α-hetero) is 1. The molecule has 0 aliphatic rings. The summed E-state index contributed by atoms with van der Waals surface area (Å²) in [4.78, 5) is 23.9. The van der Waals surface area contributed by atoms with Crippen LogP contribution in [0.4, 0.5) is 4.39 Å². The van der Waals surface area contributed by atoms with Gasteiger partial charge in [0.25, 0.3) is 0 Å². The summed E-state index contributed by atoms with van der Waals surface area (Å²) in [5.74, 6) is -0.662. The van der Waals surface area contributed by atoms with Crippen molar-refractivity contribution in [2.75, 3.05) is 0 Å². The van der Waals surface area contributed by atoms with E-state index in [0.29, 0.717) is 5.56 Å². The highest BCUT2D eigenvalue weighted by atomic mass is 19.1. The molecule has 4 heteroatoms. The van der Waals surface area contributed by atoms with Crippen molar-refractivity contribution in [1.29, 1.82) is 0 Å². The molecule has 0 saturated heterocycles. The quantitative estimate of drug-likeness (QED) is 0.747. The zero-order valence-corrected chi connectivity index (χ0v) is 13.8. The van der Waals surface area contributed by atoms with Gasteiger partial charge in [-0.2, -0.15) is 0 Å². The molecule has 2 aromatic carbocycles. The highest BCUT2D eigenvalue weighted by molar-refractivity contribution is 5.97. The number of carbonyl (C=O) groups is 2. The molecule has 2 aromatic rings. The average Bonchev–Trinajstić information content (AvgIpc) is 2.59. The largest absolute Gasteiger partial charge is 0.354 e. The third kappa shape index (κ3) is 5.95. The van der Waals surface area contributed by atoms with Crippen LogP contribution in [-0.4, -0.2) is 17.7 Å². The third-order valence-corrected chi connectivity index (χ3v) is 3.86. The Morgan fingerprint density at radius 3 is 2.33 bits per heavy atom. The fourth-order valence-electron chi connectivity index (χ4n) is 2.45. The van der Waals surface area contributed by atoms with E-state index in [9.17, 15) is 14.0 Å². The van der Waals surface area contributed by atoms with E-state index in [1.807, 2.05) is 25.1 Å². The molecule has 0 aromatic heterocycles. The van der Waals surface area contributed by atoms with E-state index in [0.717, 1.165) is 12.8 Å². The number of carbonyl (C=O) groups excluding carboxylic acids is 2. The highest BCUT2D eigenvalue weighted by Crippen LogP contribution is 2.08. The normalized spacial score (nSPS) is 11.8. The number of ketones is 1. The number of nitrogens with one attached hydrogen (secondary N) is 1. The predicted molar refractivity (Wildman–Crippen MR) is 92.3 cm³/mol. The van der Waals surface area contributed by atoms with Gasteiger partial charge in [0.2, 0.25) is 5.91 Å². The number of halogens is 1. The lowest BCUT2D eigenvalue weighted by Crippen LogP contribution is -2.33. The minimum atomic E-state index is -0.378. The Kier molecular flexibility index (Phi) is 6.67. The van der Waals surface area contributed by atoms with Crippen molar-refractivity contribution in [2.45, 2.75) is 38.6 Å². The Balaban J connectivity index is 1.70. The predicted octanol–water partition coefficient (Wildman–Crippen LogP) is 3.93. The minimum absolute atomic E-state index is 0.0543. The van der Waals surface area contributed by atoms with E-state index in [-0.39, 0.29) is 36.4 Å². The van der Waals surface area contributed by atoms with Crippen molar-refractivity contribution >= 4 is 11.7 Å². The first-order valence-electron chi connectivity index (χ1n) is 8.16. The molecule has 1 unspecified atom stereocenters. The van der Waals surface area contributed by atoms with E-state index in [4.69, 9.17) is 0 Å². The molecule has 0 aliphatic carbocycles. The standard InChI is InChI=1S/C20H22FNO2/c1-15(7-8-16-5-3-2-4-6-16)22-20(24)14-13-19(23)17-9-11-18(21)12-10-17/h2-6,9-12,15H,7-8,13-14H2,1H3,(H,22,24). The molecule has 0 fully saturated rings. The summed E-state index contributed by atoms with van der Waals surface area (Å²) < 4.78 is 12.8. The van der Waals surface area contributed by atoms with Gasteiger partial charge in [0, 0.05) is 24.4 Å². The number of benzene rings is 2. The van der Waals surface area contributed by atoms with Crippen molar-refractivity contribution < 1.29 is 14.0 Å². The Morgan fingerprint density at radius 1 is 1.00 bits per heavy atom. The second-order valence-corrected chi connectivity index (χ2v) is 5.92. The van der Waals surface area contributed by atoms with Gasteiger partial charge in [-0.15, -0.1) is 0 Å². The van der Waals surface area contributed by atoms with Gasteiger partial charge in [-0.1, -0.05) is 30.3 Å². The number of rotatable bonds is 8. The molecular formula is C20H22FNO2. The molecule has 3 nitrogen and oxygen atoms in total. The van der Waals surface area contributed by atoms with Gasteiger partial charge in [-0.05, 0) is 49.6 Å². The molecule has 0 bridgehead atoms. The van der Waals surface area contributed by atoms with Crippen LogP contribution in [-0.2, 0) is 11.2 Å². The molecule has 0 spiro atoms. The van der Waals surface area contributed by atoms with E-state index in [1.165, 1.54) is 29.8 Å². The Bertz CT molecular complexity index is 668. The molecular weight excluding hydrogens is 305 g/mol. The van der Waals surface area contributed by atoms with Gasteiger partial charge in [0.1, 0.15) is 5.82 Å². The fourth-order valence-corrected chi connectivity index (χ4v) is 2.45. The zero-order chi connectivity index (χ0) is 17.4. The Hall–Kier alpha value is -2.49. The molecule has 1 atom stereocenters. The van der Waals surface area contributed by atoms with E-state index >= 15 is 0 Å². The lowest BCUT2D eigenvalue weighted by atomic mass is 10.0. The summed E-state index contributed by atoms with van der Waals surface area (Å²) in [6.45, 7) is 1.96. The van der Waals surface area contributed by atoms with Crippen molar-refractivity contribution in [3.05, 3.63) is 71.5 Å². The Morgan fingerprint density at radius 2 is 1.67 bits per heavy atom. The Labute approximate surface area is 141 Å². The molecule has 0 aliphatic heterocycles. The van der Waals surface area contributed by atoms with Crippen LogP contribution in [0.1, 0.15) is 42.1 Å². The van der Waals surface area contributed by atoms with E-state index in [1.54, 1.807) is 0 Å². The maximum absolute atomic E-state index is 12.8. The molecule has 2 rings (SSSR count). The van der Waals surface area contributed by atoms with Crippen molar-refractivity contribution in [2.24, 2.45) is 0 Å². The van der Waals surface area contributed by atoms with Crippen LogP contribution in [0.5, 0.6) is 0 Å². The van der Waals surface area contributed by atoms with Crippen LogP contribution in [0.3, 0.4) is 0 Å². The number of aryl methyl sites for hydroxylation is 1.